The number of hydrogen-bond acceptors (Lipinski definition) is 2. The average molecular weight is 320 g/mol. The van der Waals surface area contributed by atoms with Gasteiger partial charge in [-0.25, -0.2) is 0 Å². The number of aromatic hydroxyl groups is 1. The van der Waals surface area contributed by atoms with Crippen LogP contribution in [0.4, 0.5) is 0 Å². The van der Waals surface area contributed by atoms with Gasteiger partial charge in [0.05, 0.1) is 0 Å². The topological polar surface area (TPSA) is 32.3 Å². The van der Waals surface area contributed by atoms with Crippen molar-refractivity contribution in [3.8, 4) is 5.75 Å². The number of halogens is 1. The van der Waals surface area contributed by atoms with E-state index in [4.69, 9.17) is 0 Å². The van der Waals surface area contributed by atoms with E-state index in [1.165, 1.54) is 16.7 Å². The third-order valence-electron chi connectivity index (χ3n) is 3.63. The van der Waals surface area contributed by atoms with Gasteiger partial charge in [-0.15, -0.1) is 17.0 Å². The Bertz CT molecular complexity index is 542. The molecule has 0 spiro atoms. The molecule has 2 aromatic rings. The quantitative estimate of drug-likeness (QED) is 0.845. The fourth-order valence-corrected chi connectivity index (χ4v) is 2.70. The van der Waals surface area contributed by atoms with E-state index in [9.17, 15) is 5.11 Å². The van der Waals surface area contributed by atoms with Crippen molar-refractivity contribution in [1.29, 1.82) is 0 Å². The van der Waals surface area contributed by atoms with E-state index < -0.39 is 0 Å². The molecule has 0 bridgehead atoms. The minimum atomic E-state index is 0. The summed E-state index contributed by atoms with van der Waals surface area (Å²) in [6.45, 7) is 1.93. The molecule has 0 saturated heterocycles. The Morgan fingerprint density at radius 3 is 2.63 bits per heavy atom. The molecule has 0 fully saturated rings. The highest BCUT2D eigenvalue weighted by Crippen LogP contribution is 2.31. The first-order valence-electron chi connectivity index (χ1n) is 6.42. The molecule has 0 aliphatic carbocycles. The second-order valence-electron chi connectivity index (χ2n) is 4.80. The van der Waals surface area contributed by atoms with E-state index in [0.29, 0.717) is 11.7 Å². The summed E-state index contributed by atoms with van der Waals surface area (Å²) in [5.74, 6) is 0.687. The summed E-state index contributed by atoms with van der Waals surface area (Å²) in [6, 6.07) is 16.2. The highest BCUT2D eigenvalue weighted by Gasteiger charge is 2.20. The molecule has 1 heterocycles. The molecule has 0 aromatic heterocycles. The van der Waals surface area contributed by atoms with Crippen LogP contribution in [0.1, 0.15) is 22.6 Å². The Labute approximate surface area is 124 Å². The van der Waals surface area contributed by atoms with Gasteiger partial charge in [0.1, 0.15) is 5.75 Å². The zero-order valence-electron chi connectivity index (χ0n) is 10.7. The van der Waals surface area contributed by atoms with E-state index in [-0.39, 0.29) is 17.0 Å². The summed E-state index contributed by atoms with van der Waals surface area (Å²) in [5, 5.41) is 13.2. The molecule has 0 saturated carbocycles. The number of fused-ring (bicyclic) bond motifs is 1. The Balaban J connectivity index is 0.00000133. The molecule has 3 rings (SSSR count). The number of hydrogen-bond donors (Lipinski definition) is 2. The van der Waals surface area contributed by atoms with Crippen molar-refractivity contribution >= 4 is 17.0 Å². The van der Waals surface area contributed by atoms with Gasteiger partial charge >= 0.3 is 0 Å². The van der Waals surface area contributed by atoms with Crippen LogP contribution in [0.25, 0.3) is 0 Å². The third-order valence-corrected chi connectivity index (χ3v) is 3.63. The number of rotatable bonds is 1. The van der Waals surface area contributed by atoms with Crippen LogP contribution < -0.4 is 5.32 Å². The van der Waals surface area contributed by atoms with Gasteiger partial charge in [-0.1, -0.05) is 36.4 Å². The normalized spacial score (nSPS) is 18.0. The molecule has 1 aliphatic rings. The number of phenols is 1. The van der Waals surface area contributed by atoms with Crippen LogP contribution in [0, 0.1) is 0 Å². The van der Waals surface area contributed by atoms with Crippen molar-refractivity contribution in [3.63, 3.8) is 0 Å². The molecular weight excluding hydrogens is 302 g/mol. The molecule has 3 heteroatoms. The summed E-state index contributed by atoms with van der Waals surface area (Å²) < 4.78 is 0. The van der Waals surface area contributed by atoms with Gasteiger partial charge in [-0.3, -0.25) is 0 Å². The molecule has 2 aromatic carbocycles. The second kappa shape index (κ2) is 6.22. The van der Waals surface area contributed by atoms with E-state index in [1.54, 1.807) is 6.07 Å². The zero-order valence-corrected chi connectivity index (χ0v) is 12.4. The summed E-state index contributed by atoms with van der Waals surface area (Å²) in [7, 11) is 0. The zero-order chi connectivity index (χ0) is 12.4. The van der Waals surface area contributed by atoms with Gasteiger partial charge in [0.15, 0.2) is 0 Å². The third kappa shape index (κ3) is 2.99. The van der Waals surface area contributed by atoms with E-state index in [0.717, 1.165) is 19.5 Å². The molecular formula is C16H18BrNO. The van der Waals surface area contributed by atoms with Crippen LogP contribution in [0.5, 0.6) is 5.75 Å². The molecule has 0 radical (unpaired) electrons. The van der Waals surface area contributed by atoms with Crippen molar-refractivity contribution in [2.75, 3.05) is 13.1 Å². The molecule has 1 atom stereocenters. The minimum Gasteiger partial charge on any atom is -0.508 e. The van der Waals surface area contributed by atoms with Crippen LogP contribution in [-0.4, -0.2) is 18.2 Å². The first-order chi connectivity index (χ1) is 8.84. The second-order valence-corrected chi connectivity index (χ2v) is 4.80. The Morgan fingerprint density at radius 2 is 1.84 bits per heavy atom. The lowest BCUT2D eigenvalue weighted by molar-refractivity contribution is 0.474. The highest BCUT2D eigenvalue weighted by atomic mass is 79.9. The lowest BCUT2D eigenvalue weighted by atomic mass is 9.88. The van der Waals surface area contributed by atoms with E-state index in [2.05, 4.69) is 29.6 Å². The standard InChI is InChI=1S/C16H17NO.BrH/c18-14-7-6-13-8-9-17-11-16(15(13)10-14)12-4-2-1-3-5-12;/h1-7,10,16-18H,8-9,11H2;1H. The predicted molar refractivity (Wildman–Crippen MR) is 83.3 cm³/mol. The number of phenolic OH excluding ortho intramolecular Hbond substituents is 1. The first-order valence-corrected chi connectivity index (χ1v) is 6.42. The van der Waals surface area contributed by atoms with Crippen molar-refractivity contribution in [3.05, 3.63) is 65.2 Å². The van der Waals surface area contributed by atoms with Gasteiger partial charge in [-0.2, -0.15) is 0 Å². The summed E-state index contributed by atoms with van der Waals surface area (Å²) in [4.78, 5) is 0. The summed E-state index contributed by atoms with van der Waals surface area (Å²) in [5.41, 5.74) is 3.90. The molecule has 1 aliphatic heterocycles. The maximum absolute atomic E-state index is 9.72. The van der Waals surface area contributed by atoms with Gasteiger partial charge in [0, 0.05) is 12.5 Å². The van der Waals surface area contributed by atoms with E-state index in [1.807, 2.05) is 18.2 Å². The average Bonchev–Trinajstić information content (AvgIpc) is 2.61. The van der Waals surface area contributed by atoms with Crippen molar-refractivity contribution < 1.29 is 5.11 Å². The Hall–Kier alpha value is -1.32. The monoisotopic (exact) mass is 319 g/mol. The van der Waals surface area contributed by atoms with Crippen LogP contribution in [0.15, 0.2) is 48.5 Å². The summed E-state index contributed by atoms with van der Waals surface area (Å²) in [6.07, 6.45) is 1.03. The SMILES string of the molecule is Br.Oc1ccc2c(c1)C(c1ccccc1)CNCC2. The lowest BCUT2D eigenvalue weighted by Crippen LogP contribution is -2.20. The largest absolute Gasteiger partial charge is 0.508 e. The van der Waals surface area contributed by atoms with Crippen LogP contribution in [0.2, 0.25) is 0 Å². The fraction of sp³-hybridized carbons (Fsp3) is 0.250. The van der Waals surface area contributed by atoms with Gasteiger partial charge in [-0.05, 0) is 41.8 Å². The smallest absolute Gasteiger partial charge is 0.115 e. The molecule has 0 amide bonds. The first kappa shape index (κ1) is 14.1. The Kier molecular flexibility index (Phi) is 4.61. The predicted octanol–water partition coefficient (Wildman–Crippen LogP) is 3.25. The van der Waals surface area contributed by atoms with Gasteiger partial charge in [0.2, 0.25) is 0 Å². The molecule has 2 N–H and O–H groups in total. The van der Waals surface area contributed by atoms with Crippen LogP contribution in [0.3, 0.4) is 0 Å². The van der Waals surface area contributed by atoms with Gasteiger partial charge < -0.3 is 10.4 Å². The molecule has 1 unspecified atom stereocenters. The van der Waals surface area contributed by atoms with Crippen molar-refractivity contribution in [2.24, 2.45) is 0 Å². The number of benzene rings is 2. The maximum atomic E-state index is 9.72. The van der Waals surface area contributed by atoms with Crippen molar-refractivity contribution in [1.82, 2.24) is 5.32 Å². The molecule has 100 valence electrons. The molecule has 19 heavy (non-hydrogen) atoms. The lowest BCUT2D eigenvalue weighted by Gasteiger charge is -2.18. The fourth-order valence-electron chi connectivity index (χ4n) is 2.70. The van der Waals surface area contributed by atoms with Crippen LogP contribution in [-0.2, 0) is 6.42 Å². The van der Waals surface area contributed by atoms with E-state index >= 15 is 0 Å². The van der Waals surface area contributed by atoms with Crippen LogP contribution >= 0.6 is 17.0 Å². The Morgan fingerprint density at radius 1 is 1.05 bits per heavy atom. The van der Waals surface area contributed by atoms with Gasteiger partial charge in [0.25, 0.3) is 0 Å². The summed E-state index contributed by atoms with van der Waals surface area (Å²) >= 11 is 0. The maximum Gasteiger partial charge on any atom is 0.115 e. The molecule has 2 nitrogen and oxygen atoms in total. The van der Waals surface area contributed by atoms with Crippen molar-refractivity contribution in [2.45, 2.75) is 12.3 Å². The minimum absolute atomic E-state index is 0. The number of nitrogens with one attached hydrogen (secondary N) is 1. The highest BCUT2D eigenvalue weighted by molar-refractivity contribution is 8.93.